The van der Waals surface area contributed by atoms with Gasteiger partial charge in [-0.15, -0.1) is 0 Å². The Labute approximate surface area is 136 Å². The standard InChI is InChI=1S/C15H17N5O2S/c1-3-20-13-10(7-17-20)6-12(9(2)18-13)14(21)16-5-4-11-8-23-15(22)19-11/h6-8H,3-5H2,1-2H3,(H,16,21)(H,19,22). The first-order chi connectivity index (χ1) is 11.1. The molecule has 0 aliphatic heterocycles. The number of nitrogens with one attached hydrogen (secondary N) is 2. The van der Waals surface area contributed by atoms with Gasteiger partial charge in [-0.2, -0.15) is 5.10 Å². The molecule has 0 saturated heterocycles. The van der Waals surface area contributed by atoms with Crippen molar-refractivity contribution >= 4 is 28.3 Å². The molecule has 0 atom stereocenters. The summed E-state index contributed by atoms with van der Waals surface area (Å²) in [6, 6.07) is 1.82. The Bertz CT molecular complexity index is 908. The Morgan fingerprint density at radius 2 is 2.30 bits per heavy atom. The Balaban J connectivity index is 1.72. The summed E-state index contributed by atoms with van der Waals surface area (Å²) >= 11 is 1.12. The molecule has 0 bridgehead atoms. The molecule has 0 unspecified atom stereocenters. The average molecular weight is 331 g/mol. The highest BCUT2D eigenvalue weighted by molar-refractivity contribution is 7.07. The SMILES string of the molecule is CCn1ncc2cc(C(=O)NCCc3csc(=O)[nH]3)c(C)nc21. The third-order valence-electron chi connectivity index (χ3n) is 3.60. The lowest BCUT2D eigenvalue weighted by atomic mass is 10.1. The maximum atomic E-state index is 12.3. The summed E-state index contributed by atoms with van der Waals surface area (Å²) in [7, 11) is 0. The lowest BCUT2D eigenvalue weighted by Gasteiger charge is -2.07. The Kier molecular flexibility index (Phi) is 4.24. The molecule has 3 aromatic heterocycles. The highest BCUT2D eigenvalue weighted by Crippen LogP contribution is 2.16. The molecule has 0 saturated carbocycles. The molecule has 120 valence electrons. The molecule has 0 aromatic carbocycles. The second kappa shape index (κ2) is 6.33. The van der Waals surface area contributed by atoms with Crippen LogP contribution >= 0.6 is 11.3 Å². The number of fused-ring (bicyclic) bond motifs is 1. The first kappa shape index (κ1) is 15.4. The molecule has 8 heteroatoms. The highest BCUT2D eigenvalue weighted by atomic mass is 32.1. The normalized spacial score (nSPS) is 11.0. The number of thiazole rings is 1. The van der Waals surface area contributed by atoms with Crippen molar-refractivity contribution in [3.63, 3.8) is 0 Å². The van der Waals surface area contributed by atoms with Crippen LogP contribution < -0.4 is 10.2 Å². The van der Waals surface area contributed by atoms with Gasteiger partial charge in [-0.25, -0.2) is 9.67 Å². The number of aryl methyl sites for hydroxylation is 2. The van der Waals surface area contributed by atoms with E-state index in [2.05, 4.69) is 20.4 Å². The van der Waals surface area contributed by atoms with Gasteiger partial charge in [-0.3, -0.25) is 9.59 Å². The average Bonchev–Trinajstić information content (AvgIpc) is 3.12. The lowest BCUT2D eigenvalue weighted by Crippen LogP contribution is -2.26. The van der Waals surface area contributed by atoms with E-state index in [9.17, 15) is 9.59 Å². The van der Waals surface area contributed by atoms with E-state index >= 15 is 0 Å². The molecule has 0 radical (unpaired) electrons. The summed E-state index contributed by atoms with van der Waals surface area (Å²) in [6.45, 7) is 5.01. The van der Waals surface area contributed by atoms with E-state index in [1.54, 1.807) is 16.3 Å². The molecule has 1 amide bonds. The largest absolute Gasteiger partial charge is 0.352 e. The van der Waals surface area contributed by atoms with Crippen LogP contribution in [-0.2, 0) is 13.0 Å². The van der Waals surface area contributed by atoms with Crippen LogP contribution in [0.15, 0.2) is 22.4 Å². The highest BCUT2D eigenvalue weighted by Gasteiger charge is 2.13. The molecule has 0 fully saturated rings. The zero-order valence-corrected chi connectivity index (χ0v) is 13.7. The number of hydrogen-bond donors (Lipinski definition) is 2. The van der Waals surface area contributed by atoms with Crippen LogP contribution in [0.2, 0.25) is 0 Å². The maximum Gasteiger partial charge on any atom is 0.304 e. The molecule has 3 heterocycles. The van der Waals surface area contributed by atoms with Gasteiger partial charge in [-0.1, -0.05) is 11.3 Å². The van der Waals surface area contributed by atoms with Crippen LogP contribution in [0.3, 0.4) is 0 Å². The van der Waals surface area contributed by atoms with Gasteiger partial charge in [0.1, 0.15) is 0 Å². The van der Waals surface area contributed by atoms with Crippen molar-refractivity contribution in [3.8, 4) is 0 Å². The van der Waals surface area contributed by atoms with Crippen molar-refractivity contribution < 1.29 is 4.79 Å². The van der Waals surface area contributed by atoms with Gasteiger partial charge < -0.3 is 10.3 Å². The second-order valence-corrected chi connectivity index (χ2v) is 6.02. The minimum absolute atomic E-state index is 0.0789. The summed E-state index contributed by atoms with van der Waals surface area (Å²) in [6.07, 6.45) is 2.31. The van der Waals surface area contributed by atoms with Crippen molar-refractivity contribution in [3.05, 3.63) is 44.3 Å². The zero-order chi connectivity index (χ0) is 16.4. The summed E-state index contributed by atoms with van der Waals surface area (Å²) in [5.74, 6) is -0.168. The smallest absolute Gasteiger partial charge is 0.304 e. The molecule has 0 aliphatic rings. The molecule has 2 N–H and O–H groups in total. The number of aromatic nitrogens is 4. The second-order valence-electron chi connectivity index (χ2n) is 5.17. The van der Waals surface area contributed by atoms with Gasteiger partial charge in [0, 0.05) is 36.0 Å². The van der Waals surface area contributed by atoms with Crippen LogP contribution in [0.4, 0.5) is 0 Å². The summed E-state index contributed by atoms with van der Waals surface area (Å²) in [5.41, 5.74) is 2.84. The number of amides is 1. The van der Waals surface area contributed by atoms with E-state index in [1.807, 2.05) is 19.9 Å². The third-order valence-corrected chi connectivity index (χ3v) is 4.32. The van der Waals surface area contributed by atoms with E-state index in [4.69, 9.17) is 0 Å². The molecule has 3 aromatic rings. The lowest BCUT2D eigenvalue weighted by molar-refractivity contribution is 0.0953. The van der Waals surface area contributed by atoms with Gasteiger partial charge >= 0.3 is 4.87 Å². The number of carbonyl (C=O) groups is 1. The van der Waals surface area contributed by atoms with Crippen molar-refractivity contribution in [1.82, 2.24) is 25.1 Å². The fourth-order valence-corrected chi connectivity index (χ4v) is 3.02. The van der Waals surface area contributed by atoms with Crippen LogP contribution in [0, 0.1) is 6.92 Å². The Hall–Kier alpha value is -2.48. The van der Waals surface area contributed by atoms with E-state index in [1.165, 1.54) is 0 Å². The van der Waals surface area contributed by atoms with Crippen molar-refractivity contribution in [2.24, 2.45) is 0 Å². The molecule has 0 aliphatic carbocycles. The number of aromatic amines is 1. The molecule has 7 nitrogen and oxygen atoms in total. The van der Waals surface area contributed by atoms with Crippen LogP contribution in [0.25, 0.3) is 11.0 Å². The first-order valence-corrected chi connectivity index (χ1v) is 8.24. The first-order valence-electron chi connectivity index (χ1n) is 7.36. The maximum absolute atomic E-state index is 12.3. The third kappa shape index (κ3) is 3.16. The van der Waals surface area contributed by atoms with Crippen molar-refractivity contribution in [2.45, 2.75) is 26.8 Å². The number of rotatable bonds is 5. The van der Waals surface area contributed by atoms with Gasteiger partial charge in [0.05, 0.1) is 17.5 Å². The molecule has 23 heavy (non-hydrogen) atoms. The Morgan fingerprint density at radius 1 is 1.48 bits per heavy atom. The number of pyridine rings is 1. The number of H-pyrrole nitrogens is 1. The quantitative estimate of drug-likeness (QED) is 0.741. The van der Waals surface area contributed by atoms with Gasteiger partial charge in [0.2, 0.25) is 0 Å². The fourth-order valence-electron chi connectivity index (χ4n) is 2.40. The van der Waals surface area contributed by atoms with Crippen LogP contribution in [-0.4, -0.2) is 32.2 Å². The van der Waals surface area contributed by atoms with Crippen LogP contribution in [0.5, 0.6) is 0 Å². The predicted molar refractivity (Wildman–Crippen MR) is 88.9 cm³/mol. The van der Waals surface area contributed by atoms with Crippen LogP contribution in [0.1, 0.15) is 28.7 Å². The van der Waals surface area contributed by atoms with E-state index in [-0.39, 0.29) is 10.8 Å². The van der Waals surface area contributed by atoms with E-state index < -0.39 is 0 Å². The van der Waals surface area contributed by atoms with E-state index in [0.29, 0.717) is 24.2 Å². The fraction of sp³-hybridized carbons (Fsp3) is 0.333. The molecule has 3 rings (SSSR count). The van der Waals surface area contributed by atoms with Gasteiger partial charge in [0.15, 0.2) is 5.65 Å². The summed E-state index contributed by atoms with van der Waals surface area (Å²) in [5, 5.41) is 9.73. The van der Waals surface area contributed by atoms with Gasteiger partial charge in [-0.05, 0) is 19.9 Å². The Morgan fingerprint density at radius 3 is 3.00 bits per heavy atom. The van der Waals surface area contributed by atoms with Gasteiger partial charge in [0.25, 0.3) is 5.91 Å². The molecule has 0 spiro atoms. The minimum atomic E-state index is -0.168. The molecular formula is C15H17N5O2S. The zero-order valence-electron chi connectivity index (χ0n) is 12.9. The monoisotopic (exact) mass is 331 g/mol. The molecular weight excluding hydrogens is 314 g/mol. The number of nitrogens with zero attached hydrogens (tertiary/aromatic N) is 3. The predicted octanol–water partition coefficient (Wildman–Crippen LogP) is 1.48. The van der Waals surface area contributed by atoms with Crippen molar-refractivity contribution in [2.75, 3.05) is 6.54 Å². The topological polar surface area (TPSA) is 92.7 Å². The van der Waals surface area contributed by atoms with E-state index in [0.717, 1.165) is 34.6 Å². The minimum Gasteiger partial charge on any atom is -0.352 e. The van der Waals surface area contributed by atoms with Crippen molar-refractivity contribution in [1.29, 1.82) is 0 Å². The number of carbonyl (C=O) groups excluding carboxylic acids is 1. The summed E-state index contributed by atoms with van der Waals surface area (Å²) in [4.78, 5) is 30.5. The number of hydrogen-bond acceptors (Lipinski definition) is 5. The summed E-state index contributed by atoms with van der Waals surface area (Å²) < 4.78 is 1.80.